The molecule has 2 N–H and O–H groups in total. The van der Waals surface area contributed by atoms with Crippen molar-refractivity contribution in [3.63, 3.8) is 0 Å². The number of rotatable bonds is 3. The minimum atomic E-state index is 0.446. The van der Waals surface area contributed by atoms with Gasteiger partial charge in [-0.25, -0.2) is 0 Å². The standard InChI is InChI=1S/C6H13NO/c1-2-8-4-5-3-6(5)7/h5-6H,2-4,7H2,1H3/t5?,6-/m0/s1. The van der Waals surface area contributed by atoms with Crippen LogP contribution in [0.15, 0.2) is 0 Å². The first-order valence-corrected chi connectivity index (χ1v) is 3.18. The van der Waals surface area contributed by atoms with E-state index in [0.717, 1.165) is 13.2 Å². The lowest BCUT2D eigenvalue weighted by atomic mass is 10.4. The molecule has 0 heterocycles. The summed E-state index contributed by atoms with van der Waals surface area (Å²) in [5, 5.41) is 0. The smallest absolute Gasteiger partial charge is 0.0509 e. The topological polar surface area (TPSA) is 35.2 Å². The van der Waals surface area contributed by atoms with Gasteiger partial charge in [-0.05, 0) is 19.3 Å². The third kappa shape index (κ3) is 1.46. The van der Waals surface area contributed by atoms with Crippen LogP contribution >= 0.6 is 0 Å². The summed E-state index contributed by atoms with van der Waals surface area (Å²) in [6.07, 6.45) is 1.17. The molecule has 0 aliphatic heterocycles. The van der Waals surface area contributed by atoms with E-state index in [0.29, 0.717) is 12.0 Å². The fourth-order valence-corrected chi connectivity index (χ4v) is 0.732. The van der Waals surface area contributed by atoms with Crippen LogP contribution in [0.25, 0.3) is 0 Å². The van der Waals surface area contributed by atoms with Crippen molar-refractivity contribution >= 4 is 0 Å². The van der Waals surface area contributed by atoms with Gasteiger partial charge in [0, 0.05) is 12.6 Å². The molecule has 0 bridgehead atoms. The zero-order chi connectivity index (χ0) is 5.98. The average molecular weight is 115 g/mol. The maximum absolute atomic E-state index is 5.53. The van der Waals surface area contributed by atoms with Crippen molar-refractivity contribution in [3.8, 4) is 0 Å². The van der Waals surface area contributed by atoms with Crippen molar-refractivity contribution in [3.05, 3.63) is 0 Å². The van der Waals surface area contributed by atoms with Gasteiger partial charge in [-0.15, -0.1) is 0 Å². The molecule has 8 heavy (non-hydrogen) atoms. The van der Waals surface area contributed by atoms with Crippen LogP contribution in [-0.2, 0) is 4.74 Å². The number of ether oxygens (including phenoxy) is 1. The molecule has 2 heteroatoms. The Bertz CT molecular complexity index is 74.9. The predicted molar refractivity (Wildman–Crippen MR) is 32.6 cm³/mol. The summed E-state index contributed by atoms with van der Waals surface area (Å²) in [5.74, 6) is 0.676. The highest BCUT2D eigenvalue weighted by molar-refractivity contribution is 4.89. The van der Waals surface area contributed by atoms with Gasteiger partial charge in [0.1, 0.15) is 0 Å². The Hall–Kier alpha value is -0.0800. The molecule has 2 atom stereocenters. The zero-order valence-corrected chi connectivity index (χ0v) is 5.26. The summed E-state index contributed by atoms with van der Waals surface area (Å²) >= 11 is 0. The lowest BCUT2D eigenvalue weighted by Crippen LogP contribution is -2.06. The highest BCUT2D eigenvalue weighted by atomic mass is 16.5. The maximum atomic E-state index is 5.53. The molecule has 1 unspecified atom stereocenters. The summed E-state index contributed by atoms with van der Waals surface area (Å²) in [6, 6.07) is 0.446. The van der Waals surface area contributed by atoms with E-state index in [1.165, 1.54) is 6.42 Å². The lowest BCUT2D eigenvalue weighted by molar-refractivity contribution is 0.136. The summed E-state index contributed by atoms with van der Waals surface area (Å²) < 4.78 is 5.15. The molecule has 0 radical (unpaired) electrons. The van der Waals surface area contributed by atoms with Crippen molar-refractivity contribution in [2.75, 3.05) is 13.2 Å². The van der Waals surface area contributed by atoms with E-state index < -0.39 is 0 Å². The molecular weight excluding hydrogens is 102 g/mol. The number of hydrogen-bond acceptors (Lipinski definition) is 2. The summed E-state index contributed by atoms with van der Waals surface area (Å²) in [7, 11) is 0. The molecule has 1 saturated carbocycles. The molecular formula is C6H13NO. The van der Waals surface area contributed by atoms with Gasteiger partial charge in [-0.1, -0.05) is 0 Å². The molecule has 1 aliphatic rings. The monoisotopic (exact) mass is 115 g/mol. The first-order valence-electron chi connectivity index (χ1n) is 3.18. The van der Waals surface area contributed by atoms with Gasteiger partial charge in [-0.3, -0.25) is 0 Å². The van der Waals surface area contributed by atoms with Crippen molar-refractivity contribution in [2.45, 2.75) is 19.4 Å². The Morgan fingerprint density at radius 3 is 2.75 bits per heavy atom. The van der Waals surface area contributed by atoms with E-state index in [4.69, 9.17) is 10.5 Å². The number of hydrogen-bond donors (Lipinski definition) is 1. The minimum Gasteiger partial charge on any atom is -0.381 e. The average Bonchev–Trinajstić information content (AvgIpc) is 2.42. The first kappa shape index (κ1) is 6.05. The van der Waals surface area contributed by atoms with Crippen LogP contribution in [0.2, 0.25) is 0 Å². The summed E-state index contributed by atoms with van der Waals surface area (Å²) in [6.45, 7) is 3.70. The van der Waals surface area contributed by atoms with E-state index >= 15 is 0 Å². The van der Waals surface area contributed by atoms with Gasteiger partial charge >= 0.3 is 0 Å². The quantitative estimate of drug-likeness (QED) is 0.576. The highest BCUT2D eigenvalue weighted by Crippen LogP contribution is 2.27. The third-order valence-corrected chi connectivity index (χ3v) is 1.51. The lowest BCUT2D eigenvalue weighted by Gasteiger charge is -1.95. The van der Waals surface area contributed by atoms with E-state index in [1.54, 1.807) is 0 Å². The van der Waals surface area contributed by atoms with Gasteiger partial charge in [0.25, 0.3) is 0 Å². The van der Waals surface area contributed by atoms with E-state index in [2.05, 4.69) is 0 Å². The Balaban J connectivity index is 1.89. The van der Waals surface area contributed by atoms with Crippen LogP contribution in [0.4, 0.5) is 0 Å². The molecule has 0 amide bonds. The Kier molecular flexibility index (Phi) is 1.86. The summed E-state index contributed by atoms with van der Waals surface area (Å²) in [4.78, 5) is 0. The van der Waals surface area contributed by atoms with Gasteiger partial charge in [0.2, 0.25) is 0 Å². The Labute approximate surface area is 50.0 Å². The van der Waals surface area contributed by atoms with Crippen LogP contribution in [0.3, 0.4) is 0 Å². The molecule has 0 aromatic heterocycles. The molecule has 0 saturated heterocycles. The largest absolute Gasteiger partial charge is 0.381 e. The fraction of sp³-hybridized carbons (Fsp3) is 1.00. The van der Waals surface area contributed by atoms with Crippen LogP contribution in [0.5, 0.6) is 0 Å². The van der Waals surface area contributed by atoms with E-state index in [9.17, 15) is 0 Å². The molecule has 1 aliphatic carbocycles. The van der Waals surface area contributed by atoms with Crippen molar-refractivity contribution in [1.29, 1.82) is 0 Å². The second kappa shape index (κ2) is 2.46. The van der Waals surface area contributed by atoms with Crippen LogP contribution in [-0.4, -0.2) is 19.3 Å². The fourth-order valence-electron chi connectivity index (χ4n) is 0.732. The van der Waals surface area contributed by atoms with Crippen LogP contribution in [0.1, 0.15) is 13.3 Å². The van der Waals surface area contributed by atoms with E-state index in [1.807, 2.05) is 6.92 Å². The molecule has 0 spiro atoms. The molecule has 2 nitrogen and oxygen atoms in total. The number of nitrogens with two attached hydrogens (primary N) is 1. The molecule has 48 valence electrons. The summed E-state index contributed by atoms with van der Waals surface area (Å²) in [5.41, 5.74) is 5.53. The third-order valence-electron chi connectivity index (χ3n) is 1.51. The second-order valence-electron chi connectivity index (χ2n) is 2.32. The Morgan fingerprint density at radius 2 is 2.38 bits per heavy atom. The van der Waals surface area contributed by atoms with Crippen LogP contribution in [0, 0.1) is 5.92 Å². The van der Waals surface area contributed by atoms with Gasteiger partial charge < -0.3 is 10.5 Å². The van der Waals surface area contributed by atoms with Crippen LogP contribution < -0.4 is 5.73 Å². The zero-order valence-electron chi connectivity index (χ0n) is 5.26. The van der Waals surface area contributed by atoms with Gasteiger partial charge in [0.15, 0.2) is 0 Å². The molecule has 0 aromatic carbocycles. The SMILES string of the molecule is CCOCC1C[C@@H]1N. The first-order chi connectivity index (χ1) is 3.84. The Morgan fingerprint density at radius 1 is 1.75 bits per heavy atom. The minimum absolute atomic E-state index is 0.446. The maximum Gasteiger partial charge on any atom is 0.0509 e. The molecule has 0 aromatic rings. The highest BCUT2D eigenvalue weighted by Gasteiger charge is 2.32. The van der Waals surface area contributed by atoms with E-state index in [-0.39, 0.29) is 0 Å². The van der Waals surface area contributed by atoms with Gasteiger partial charge in [0.05, 0.1) is 6.61 Å². The predicted octanol–water partition coefficient (Wildman–Crippen LogP) is 0.370. The second-order valence-corrected chi connectivity index (χ2v) is 2.32. The molecule has 1 fully saturated rings. The molecule has 1 rings (SSSR count). The van der Waals surface area contributed by atoms with Crippen molar-refractivity contribution in [1.82, 2.24) is 0 Å². The van der Waals surface area contributed by atoms with Crippen molar-refractivity contribution < 1.29 is 4.74 Å². The normalized spacial score (nSPS) is 35.2. The van der Waals surface area contributed by atoms with Crippen molar-refractivity contribution in [2.24, 2.45) is 11.7 Å². The van der Waals surface area contributed by atoms with Gasteiger partial charge in [-0.2, -0.15) is 0 Å².